The van der Waals surface area contributed by atoms with Gasteiger partial charge < -0.3 is 5.32 Å². The maximum atomic E-state index is 12.7. The number of benzene rings is 1. The van der Waals surface area contributed by atoms with Crippen LogP contribution in [0.1, 0.15) is 40.0 Å². The fourth-order valence-corrected chi connectivity index (χ4v) is 3.16. The highest BCUT2D eigenvalue weighted by molar-refractivity contribution is 7.99. The summed E-state index contributed by atoms with van der Waals surface area (Å²) in [6, 6.07) is 7.52. The molecular weight excluding hydrogens is 322 g/mol. The van der Waals surface area contributed by atoms with Crippen molar-refractivity contribution in [3.05, 3.63) is 34.6 Å². The topological polar surface area (TPSA) is 64.0 Å². The molecular formula is C18H25N3O2S. The van der Waals surface area contributed by atoms with Gasteiger partial charge in [-0.2, -0.15) is 0 Å². The van der Waals surface area contributed by atoms with E-state index in [9.17, 15) is 9.59 Å². The van der Waals surface area contributed by atoms with E-state index in [1.165, 1.54) is 11.8 Å². The van der Waals surface area contributed by atoms with Crippen molar-refractivity contribution in [2.45, 2.75) is 57.8 Å². The largest absolute Gasteiger partial charge is 0.353 e. The van der Waals surface area contributed by atoms with Gasteiger partial charge in [-0.15, -0.1) is 0 Å². The van der Waals surface area contributed by atoms with Crippen LogP contribution in [-0.2, 0) is 11.3 Å². The van der Waals surface area contributed by atoms with Crippen LogP contribution < -0.4 is 10.9 Å². The minimum atomic E-state index is -0.0289. The minimum absolute atomic E-state index is 0.0288. The summed E-state index contributed by atoms with van der Waals surface area (Å²) < 4.78 is 1.70. The highest BCUT2D eigenvalue weighted by Gasteiger charge is 2.13. The Kier molecular flexibility index (Phi) is 6.85. The molecule has 1 amide bonds. The standard InChI is InChI=1S/C18H25N3O2S/c1-4-6-11-21-17(23)14-9-7-8-10-15(14)20-18(21)24-12-16(22)19-13(3)5-2/h7-10,13H,4-6,11-12H2,1-3H3,(H,19,22). The fourth-order valence-electron chi connectivity index (χ4n) is 2.32. The van der Waals surface area contributed by atoms with Crippen LogP contribution in [0.2, 0.25) is 0 Å². The van der Waals surface area contributed by atoms with E-state index in [0.29, 0.717) is 22.6 Å². The van der Waals surface area contributed by atoms with E-state index >= 15 is 0 Å². The lowest BCUT2D eigenvalue weighted by Crippen LogP contribution is -2.33. The second-order valence-corrected chi connectivity index (χ2v) is 6.83. The van der Waals surface area contributed by atoms with Crippen molar-refractivity contribution in [2.75, 3.05) is 5.75 Å². The first-order valence-corrected chi connectivity index (χ1v) is 9.47. The van der Waals surface area contributed by atoms with Gasteiger partial charge in [-0.1, -0.05) is 44.2 Å². The number of fused-ring (bicyclic) bond motifs is 1. The maximum Gasteiger partial charge on any atom is 0.262 e. The molecule has 0 fully saturated rings. The Morgan fingerprint density at radius 1 is 1.33 bits per heavy atom. The highest BCUT2D eigenvalue weighted by Crippen LogP contribution is 2.18. The summed E-state index contributed by atoms with van der Waals surface area (Å²) in [4.78, 5) is 29.4. The van der Waals surface area contributed by atoms with E-state index in [4.69, 9.17) is 0 Å². The molecule has 1 aromatic heterocycles. The van der Waals surface area contributed by atoms with Gasteiger partial charge in [-0.3, -0.25) is 14.2 Å². The quantitative estimate of drug-likeness (QED) is 0.588. The van der Waals surface area contributed by atoms with Gasteiger partial charge >= 0.3 is 0 Å². The predicted molar refractivity (Wildman–Crippen MR) is 99.5 cm³/mol. The number of rotatable bonds is 8. The number of hydrogen-bond donors (Lipinski definition) is 1. The molecule has 0 saturated heterocycles. The molecule has 2 rings (SSSR count). The van der Waals surface area contributed by atoms with E-state index in [1.807, 2.05) is 32.0 Å². The average molecular weight is 347 g/mol. The van der Waals surface area contributed by atoms with Gasteiger partial charge in [0.05, 0.1) is 16.7 Å². The Bertz CT molecular complexity index is 758. The van der Waals surface area contributed by atoms with Gasteiger partial charge in [-0.25, -0.2) is 4.98 Å². The second kappa shape index (κ2) is 8.87. The second-order valence-electron chi connectivity index (χ2n) is 5.89. The van der Waals surface area contributed by atoms with Gasteiger partial charge in [0.1, 0.15) is 0 Å². The summed E-state index contributed by atoms with van der Waals surface area (Å²) in [5.41, 5.74) is 0.652. The molecule has 0 saturated carbocycles. The summed E-state index contributed by atoms with van der Waals surface area (Å²) in [6.07, 6.45) is 2.80. The first-order valence-electron chi connectivity index (χ1n) is 8.48. The molecule has 1 N–H and O–H groups in total. The minimum Gasteiger partial charge on any atom is -0.353 e. The molecule has 1 heterocycles. The van der Waals surface area contributed by atoms with Crippen molar-refractivity contribution in [1.29, 1.82) is 0 Å². The third-order valence-corrected chi connectivity index (χ3v) is 4.89. The smallest absolute Gasteiger partial charge is 0.262 e. The van der Waals surface area contributed by atoms with Crippen molar-refractivity contribution in [3.8, 4) is 0 Å². The number of thioether (sulfide) groups is 1. The normalized spacial score (nSPS) is 12.3. The molecule has 0 aliphatic rings. The molecule has 0 radical (unpaired) electrons. The molecule has 5 nitrogen and oxygen atoms in total. The Morgan fingerprint density at radius 2 is 2.08 bits per heavy atom. The first-order chi connectivity index (χ1) is 11.6. The number of unbranched alkanes of at least 4 members (excludes halogenated alkanes) is 1. The Hall–Kier alpha value is -1.82. The Balaban J connectivity index is 2.26. The number of hydrogen-bond acceptors (Lipinski definition) is 4. The third kappa shape index (κ3) is 4.60. The lowest BCUT2D eigenvalue weighted by molar-refractivity contribution is -0.119. The zero-order valence-electron chi connectivity index (χ0n) is 14.5. The van der Waals surface area contributed by atoms with E-state index < -0.39 is 0 Å². The lowest BCUT2D eigenvalue weighted by atomic mass is 10.2. The molecule has 24 heavy (non-hydrogen) atoms. The van der Waals surface area contributed by atoms with Gasteiger partial charge in [-0.05, 0) is 31.9 Å². The van der Waals surface area contributed by atoms with Crippen LogP contribution in [0.15, 0.2) is 34.2 Å². The van der Waals surface area contributed by atoms with Crippen LogP contribution in [0, 0.1) is 0 Å². The number of aromatic nitrogens is 2. The molecule has 0 aliphatic carbocycles. The number of nitrogens with one attached hydrogen (secondary N) is 1. The molecule has 1 unspecified atom stereocenters. The van der Waals surface area contributed by atoms with Crippen LogP contribution >= 0.6 is 11.8 Å². The number of nitrogens with zero attached hydrogens (tertiary/aromatic N) is 2. The van der Waals surface area contributed by atoms with E-state index in [0.717, 1.165) is 19.3 Å². The number of carbonyl (C=O) groups is 1. The van der Waals surface area contributed by atoms with Crippen LogP contribution in [0.5, 0.6) is 0 Å². The van der Waals surface area contributed by atoms with E-state index in [2.05, 4.69) is 17.2 Å². The molecule has 130 valence electrons. The van der Waals surface area contributed by atoms with Gasteiger partial charge in [0.2, 0.25) is 5.91 Å². The Labute approximate surface area is 146 Å². The molecule has 0 aliphatic heterocycles. The summed E-state index contributed by atoms with van der Waals surface area (Å²) >= 11 is 1.33. The number of carbonyl (C=O) groups excluding carboxylic acids is 1. The van der Waals surface area contributed by atoms with Gasteiger partial charge in [0.15, 0.2) is 5.16 Å². The molecule has 1 atom stereocenters. The number of para-hydroxylation sites is 1. The van der Waals surface area contributed by atoms with E-state index in [1.54, 1.807) is 10.6 Å². The van der Waals surface area contributed by atoms with Crippen LogP contribution in [0.25, 0.3) is 10.9 Å². The lowest BCUT2D eigenvalue weighted by Gasteiger charge is -2.14. The van der Waals surface area contributed by atoms with Crippen LogP contribution in [0.3, 0.4) is 0 Å². The third-order valence-electron chi connectivity index (χ3n) is 3.91. The molecule has 6 heteroatoms. The van der Waals surface area contributed by atoms with Crippen molar-refractivity contribution >= 4 is 28.6 Å². The molecule has 2 aromatic rings. The van der Waals surface area contributed by atoms with Crippen molar-refractivity contribution in [3.63, 3.8) is 0 Å². The average Bonchev–Trinajstić information content (AvgIpc) is 2.59. The summed E-state index contributed by atoms with van der Waals surface area (Å²) in [6.45, 7) is 6.73. The van der Waals surface area contributed by atoms with Gasteiger partial charge in [0.25, 0.3) is 5.56 Å². The van der Waals surface area contributed by atoms with Crippen molar-refractivity contribution < 1.29 is 4.79 Å². The van der Waals surface area contributed by atoms with Crippen molar-refractivity contribution in [2.24, 2.45) is 0 Å². The monoisotopic (exact) mass is 347 g/mol. The zero-order chi connectivity index (χ0) is 17.5. The summed E-state index contributed by atoms with van der Waals surface area (Å²) in [7, 11) is 0. The molecule has 1 aromatic carbocycles. The van der Waals surface area contributed by atoms with Crippen molar-refractivity contribution in [1.82, 2.24) is 14.9 Å². The Morgan fingerprint density at radius 3 is 2.79 bits per heavy atom. The SMILES string of the molecule is CCCCn1c(SCC(=O)NC(C)CC)nc2ccccc2c1=O. The zero-order valence-corrected chi connectivity index (χ0v) is 15.4. The van der Waals surface area contributed by atoms with E-state index in [-0.39, 0.29) is 23.3 Å². The highest BCUT2D eigenvalue weighted by atomic mass is 32.2. The predicted octanol–water partition coefficient (Wildman–Crippen LogP) is 3.20. The summed E-state index contributed by atoms with van der Waals surface area (Å²) in [5.74, 6) is 0.236. The summed E-state index contributed by atoms with van der Waals surface area (Å²) in [5, 5.41) is 4.18. The molecule has 0 bridgehead atoms. The van der Waals surface area contributed by atoms with Crippen LogP contribution in [0.4, 0.5) is 0 Å². The fraction of sp³-hybridized carbons (Fsp3) is 0.500. The molecule has 0 spiro atoms. The van der Waals surface area contributed by atoms with Gasteiger partial charge in [0, 0.05) is 12.6 Å². The maximum absolute atomic E-state index is 12.7. The van der Waals surface area contributed by atoms with Crippen LogP contribution in [-0.4, -0.2) is 27.3 Å². The number of amides is 1. The first kappa shape index (κ1) is 18.5.